The van der Waals surface area contributed by atoms with Gasteiger partial charge in [0.15, 0.2) is 5.78 Å². The van der Waals surface area contributed by atoms with Crippen molar-refractivity contribution in [3.05, 3.63) is 52.4 Å². The molecule has 0 aliphatic heterocycles. The number of nitrogen functional groups attached to an aromatic ring is 1. The van der Waals surface area contributed by atoms with Crippen LogP contribution < -0.4 is 5.73 Å². The van der Waals surface area contributed by atoms with Crippen molar-refractivity contribution in [2.45, 2.75) is 20.3 Å². The average Bonchev–Trinajstić information content (AvgIpc) is 2.70. The Balaban J connectivity index is 2.39. The monoisotopic (exact) mass is 259 g/mol. The van der Waals surface area contributed by atoms with Crippen LogP contribution in [0.4, 0.5) is 5.00 Å². The number of anilines is 1. The minimum atomic E-state index is 0.0324. The molecule has 0 atom stereocenters. The van der Waals surface area contributed by atoms with E-state index < -0.39 is 0 Å². The van der Waals surface area contributed by atoms with E-state index in [0.29, 0.717) is 22.0 Å². The number of carbonyl (C=O) groups excluding carboxylic acids is 1. The van der Waals surface area contributed by atoms with Crippen LogP contribution in [0.1, 0.15) is 35.3 Å². The Morgan fingerprint density at radius 2 is 1.94 bits per heavy atom. The SMILES string of the molecule is CC(C)Cc1csc(N)c1C(=O)c1ccccc1. The van der Waals surface area contributed by atoms with Gasteiger partial charge in [-0.1, -0.05) is 44.2 Å². The number of ketones is 1. The molecule has 0 saturated heterocycles. The second-order valence-electron chi connectivity index (χ2n) is 4.79. The first-order chi connectivity index (χ1) is 8.59. The fraction of sp³-hybridized carbons (Fsp3) is 0.267. The van der Waals surface area contributed by atoms with Crippen LogP contribution in [0.25, 0.3) is 0 Å². The third kappa shape index (κ3) is 2.62. The van der Waals surface area contributed by atoms with Crippen LogP contribution in [0, 0.1) is 5.92 Å². The number of thiophene rings is 1. The number of benzene rings is 1. The Labute approximate surface area is 111 Å². The molecule has 0 unspecified atom stereocenters. The highest BCUT2D eigenvalue weighted by atomic mass is 32.1. The van der Waals surface area contributed by atoms with Gasteiger partial charge in [-0.3, -0.25) is 4.79 Å². The van der Waals surface area contributed by atoms with Crippen LogP contribution in [-0.4, -0.2) is 5.78 Å². The van der Waals surface area contributed by atoms with Crippen molar-refractivity contribution in [1.29, 1.82) is 0 Å². The lowest BCUT2D eigenvalue weighted by molar-refractivity contribution is 0.103. The topological polar surface area (TPSA) is 43.1 Å². The lowest BCUT2D eigenvalue weighted by Crippen LogP contribution is -2.07. The minimum absolute atomic E-state index is 0.0324. The third-order valence-electron chi connectivity index (χ3n) is 2.79. The van der Waals surface area contributed by atoms with Gasteiger partial charge in [0.05, 0.1) is 10.6 Å². The molecule has 0 bridgehead atoms. The van der Waals surface area contributed by atoms with Crippen molar-refractivity contribution in [1.82, 2.24) is 0 Å². The van der Waals surface area contributed by atoms with Gasteiger partial charge in [-0.15, -0.1) is 11.3 Å². The second-order valence-corrected chi connectivity index (χ2v) is 5.70. The molecule has 1 aromatic carbocycles. The van der Waals surface area contributed by atoms with Gasteiger partial charge in [0.1, 0.15) is 0 Å². The molecule has 0 radical (unpaired) electrons. The predicted molar refractivity (Wildman–Crippen MR) is 77.1 cm³/mol. The van der Waals surface area contributed by atoms with E-state index in [-0.39, 0.29) is 5.78 Å². The second kappa shape index (κ2) is 5.36. The molecule has 0 spiro atoms. The quantitative estimate of drug-likeness (QED) is 0.849. The predicted octanol–water partition coefficient (Wildman–Crippen LogP) is 3.76. The van der Waals surface area contributed by atoms with E-state index in [1.165, 1.54) is 11.3 Å². The van der Waals surface area contributed by atoms with Gasteiger partial charge in [-0.05, 0) is 23.3 Å². The van der Waals surface area contributed by atoms with E-state index in [4.69, 9.17) is 5.73 Å². The van der Waals surface area contributed by atoms with E-state index in [9.17, 15) is 4.79 Å². The zero-order valence-electron chi connectivity index (χ0n) is 10.6. The first-order valence-electron chi connectivity index (χ1n) is 6.05. The Morgan fingerprint density at radius 1 is 1.28 bits per heavy atom. The summed E-state index contributed by atoms with van der Waals surface area (Å²) in [5.41, 5.74) is 8.42. The van der Waals surface area contributed by atoms with Crippen molar-refractivity contribution in [3.8, 4) is 0 Å². The Bertz CT molecular complexity index is 543. The van der Waals surface area contributed by atoms with Crippen LogP contribution in [0.2, 0.25) is 0 Å². The molecule has 2 nitrogen and oxygen atoms in total. The normalized spacial score (nSPS) is 10.8. The van der Waals surface area contributed by atoms with Gasteiger partial charge < -0.3 is 5.73 Å². The summed E-state index contributed by atoms with van der Waals surface area (Å²) in [5, 5.41) is 2.63. The number of nitrogens with two attached hydrogens (primary N) is 1. The standard InChI is InChI=1S/C15H17NOS/c1-10(2)8-12-9-18-15(16)13(12)14(17)11-6-4-3-5-7-11/h3-7,9-10H,8,16H2,1-2H3. The van der Waals surface area contributed by atoms with Crippen LogP contribution in [0.5, 0.6) is 0 Å². The summed E-state index contributed by atoms with van der Waals surface area (Å²) >= 11 is 1.45. The number of rotatable bonds is 4. The van der Waals surface area contributed by atoms with Gasteiger partial charge in [0, 0.05) is 5.56 Å². The molecule has 0 amide bonds. The maximum atomic E-state index is 12.5. The Morgan fingerprint density at radius 3 is 2.56 bits per heavy atom. The molecule has 0 aliphatic rings. The first-order valence-corrected chi connectivity index (χ1v) is 6.93. The van der Waals surface area contributed by atoms with Crippen molar-refractivity contribution < 1.29 is 4.79 Å². The lowest BCUT2D eigenvalue weighted by Gasteiger charge is -2.07. The fourth-order valence-corrected chi connectivity index (χ4v) is 2.82. The van der Waals surface area contributed by atoms with Crippen LogP contribution in [0.15, 0.2) is 35.7 Å². The highest BCUT2D eigenvalue weighted by molar-refractivity contribution is 7.14. The van der Waals surface area contributed by atoms with E-state index in [1.54, 1.807) is 0 Å². The number of hydrogen-bond donors (Lipinski definition) is 1. The first kappa shape index (κ1) is 12.8. The van der Waals surface area contributed by atoms with Crippen LogP contribution >= 0.6 is 11.3 Å². The van der Waals surface area contributed by atoms with E-state index >= 15 is 0 Å². The zero-order chi connectivity index (χ0) is 13.1. The van der Waals surface area contributed by atoms with Crippen molar-refractivity contribution in [2.24, 2.45) is 5.92 Å². The van der Waals surface area contributed by atoms with Crippen LogP contribution in [0.3, 0.4) is 0 Å². The summed E-state index contributed by atoms with van der Waals surface area (Å²) in [6.45, 7) is 4.29. The third-order valence-corrected chi connectivity index (χ3v) is 3.65. The summed E-state index contributed by atoms with van der Waals surface area (Å²) in [7, 11) is 0. The zero-order valence-corrected chi connectivity index (χ0v) is 11.5. The Kier molecular flexibility index (Phi) is 3.82. The maximum absolute atomic E-state index is 12.5. The molecule has 3 heteroatoms. The van der Waals surface area contributed by atoms with Crippen molar-refractivity contribution >= 4 is 22.1 Å². The summed E-state index contributed by atoms with van der Waals surface area (Å²) < 4.78 is 0. The average molecular weight is 259 g/mol. The van der Waals surface area contributed by atoms with Crippen LogP contribution in [-0.2, 0) is 6.42 Å². The molecule has 18 heavy (non-hydrogen) atoms. The summed E-state index contributed by atoms with van der Waals surface area (Å²) in [6.07, 6.45) is 0.890. The molecule has 1 aromatic heterocycles. The van der Waals surface area contributed by atoms with Crippen molar-refractivity contribution in [2.75, 3.05) is 5.73 Å². The van der Waals surface area contributed by atoms with Gasteiger partial charge in [0.2, 0.25) is 0 Å². The molecule has 94 valence electrons. The molecule has 0 saturated carbocycles. The molecular formula is C15H17NOS. The van der Waals surface area contributed by atoms with Gasteiger partial charge in [0.25, 0.3) is 0 Å². The lowest BCUT2D eigenvalue weighted by atomic mass is 9.96. The number of hydrogen-bond acceptors (Lipinski definition) is 3. The van der Waals surface area contributed by atoms with Gasteiger partial charge in [-0.2, -0.15) is 0 Å². The molecule has 0 aliphatic carbocycles. The van der Waals surface area contributed by atoms with Gasteiger partial charge >= 0.3 is 0 Å². The van der Waals surface area contributed by atoms with Crippen molar-refractivity contribution in [3.63, 3.8) is 0 Å². The highest BCUT2D eigenvalue weighted by Gasteiger charge is 2.19. The van der Waals surface area contributed by atoms with E-state index in [2.05, 4.69) is 13.8 Å². The smallest absolute Gasteiger partial charge is 0.196 e. The molecule has 0 fully saturated rings. The summed E-state index contributed by atoms with van der Waals surface area (Å²) in [5.74, 6) is 0.548. The largest absolute Gasteiger partial charge is 0.390 e. The molecular weight excluding hydrogens is 242 g/mol. The molecule has 2 aromatic rings. The Hall–Kier alpha value is -1.61. The highest BCUT2D eigenvalue weighted by Crippen LogP contribution is 2.29. The van der Waals surface area contributed by atoms with E-state index in [0.717, 1.165) is 12.0 Å². The molecule has 2 N–H and O–H groups in total. The minimum Gasteiger partial charge on any atom is -0.390 e. The fourth-order valence-electron chi connectivity index (χ4n) is 1.99. The number of carbonyl (C=O) groups is 1. The molecule has 1 heterocycles. The maximum Gasteiger partial charge on any atom is 0.196 e. The van der Waals surface area contributed by atoms with E-state index in [1.807, 2.05) is 35.7 Å². The summed E-state index contributed by atoms with van der Waals surface area (Å²) in [4.78, 5) is 12.5. The van der Waals surface area contributed by atoms with Gasteiger partial charge in [-0.25, -0.2) is 0 Å². The summed E-state index contributed by atoms with van der Waals surface area (Å²) in [6, 6.07) is 9.32. The molecule has 2 rings (SSSR count).